The minimum atomic E-state index is 0.364. The molecular weight excluding hydrogens is 222 g/mol. The van der Waals surface area contributed by atoms with E-state index in [0.29, 0.717) is 16.3 Å². The summed E-state index contributed by atoms with van der Waals surface area (Å²) in [5.41, 5.74) is 0.701. The molecule has 0 aliphatic rings. The summed E-state index contributed by atoms with van der Waals surface area (Å²) >= 11 is 3.06. The van der Waals surface area contributed by atoms with Crippen LogP contribution < -0.4 is 0 Å². The van der Waals surface area contributed by atoms with Crippen LogP contribution in [0.3, 0.4) is 0 Å². The van der Waals surface area contributed by atoms with Gasteiger partial charge in [-0.2, -0.15) is 4.98 Å². The molecule has 2 aromatic rings. The first-order valence-electron chi connectivity index (χ1n) is 3.27. The number of aromatic nitrogens is 3. The van der Waals surface area contributed by atoms with Crippen molar-refractivity contribution in [3.8, 4) is 11.5 Å². The van der Waals surface area contributed by atoms with Gasteiger partial charge in [-0.25, -0.2) is 0 Å². The second-order valence-corrected chi connectivity index (χ2v) is 2.76. The van der Waals surface area contributed by atoms with Crippen molar-refractivity contribution in [2.45, 2.75) is 0 Å². The van der Waals surface area contributed by atoms with Crippen LogP contribution in [0.2, 0.25) is 0 Å². The first kappa shape index (κ1) is 7.42. The topological polar surface area (TPSA) is 51.8 Å². The van der Waals surface area contributed by atoms with E-state index in [1.807, 2.05) is 18.2 Å². The fraction of sp³-hybridized carbons (Fsp3) is 0. The zero-order chi connectivity index (χ0) is 8.39. The molecule has 12 heavy (non-hydrogen) atoms. The van der Waals surface area contributed by atoms with Crippen molar-refractivity contribution in [2.75, 3.05) is 0 Å². The van der Waals surface area contributed by atoms with E-state index in [4.69, 9.17) is 4.52 Å². The molecule has 0 unspecified atom stereocenters. The van der Waals surface area contributed by atoms with Gasteiger partial charge >= 0.3 is 0 Å². The molecule has 2 aromatic heterocycles. The SMILES string of the molecule is Brc1nc(-c2ccccn2)no1. The number of hydrogen-bond donors (Lipinski definition) is 0. The monoisotopic (exact) mass is 225 g/mol. The Hall–Kier alpha value is -1.23. The number of halogens is 1. The molecule has 0 saturated carbocycles. The van der Waals surface area contributed by atoms with Crippen molar-refractivity contribution in [1.82, 2.24) is 15.1 Å². The van der Waals surface area contributed by atoms with Gasteiger partial charge in [0.2, 0.25) is 5.82 Å². The van der Waals surface area contributed by atoms with E-state index >= 15 is 0 Å². The van der Waals surface area contributed by atoms with Crippen LogP contribution in [0, 0.1) is 0 Å². The van der Waals surface area contributed by atoms with E-state index in [0.717, 1.165) is 0 Å². The molecule has 0 radical (unpaired) electrons. The summed E-state index contributed by atoms with van der Waals surface area (Å²) in [7, 11) is 0. The van der Waals surface area contributed by atoms with E-state index in [1.165, 1.54) is 0 Å². The Morgan fingerprint density at radius 1 is 1.33 bits per heavy atom. The predicted octanol–water partition coefficient (Wildman–Crippen LogP) is 1.89. The van der Waals surface area contributed by atoms with Crippen LogP contribution in [0.15, 0.2) is 33.7 Å². The highest BCUT2D eigenvalue weighted by Gasteiger charge is 2.05. The molecule has 2 rings (SSSR count). The smallest absolute Gasteiger partial charge is 0.294 e. The van der Waals surface area contributed by atoms with Gasteiger partial charge < -0.3 is 4.52 Å². The minimum absolute atomic E-state index is 0.364. The van der Waals surface area contributed by atoms with Gasteiger partial charge in [-0.3, -0.25) is 4.98 Å². The molecule has 0 aliphatic carbocycles. The van der Waals surface area contributed by atoms with E-state index in [2.05, 4.69) is 31.1 Å². The predicted molar refractivity (Wildman–Crippen MR) is 45.2 cm³/mol. The normalized spacial score (nSPS) is 10.1. The Morgan fingerprint density at radius 2 is 2.25 bits per heavy atom. The van der Waals surface area contributed by atoms with Gasteiger partial charge in [0.1, 0.15) is 5.69 Å². The third-order valence-corrected chi connectivity index (χ3v) is 1.62. The molecular formula is C7H4BrN3O. The first-order chi connectivity index (χ1) is 5.86. The van der Waals surface area contributed by atoms with Crippen LogP contribution in [0.5, 0.6) is 0 Å². The van der Waals surface area contributed by atoms with E-state index in [-0.39, 0.29) is 0 Å². The average molecular weight is 226 g/mol. The van der Waals surface area contributed by atoms with Gasteiger partial charge in [0.05, 0.1) is 0 Å². The lowest BCUT2D eigenvalue weighted by Gasteiger charge is -1.88. The Labute approximate surface area is 76.8 Å². The first-order valence-corrected chi connectivity index (χ1v) is 4.06. The minimum Gasteiger partial charge on any atom is -0.326 e. The zero-order valence-electron chi connectivity index (χ0n) is 5.94. The summed E-state index contributed by atoms with van der Waals surface area (Å²) in [4.78, 5) is 8.38. The summed E-state index contributed by atoms with van der Waals surface area (Å²) in [6, 6.07) is 5.52. The maximum atomic E-state index is 4.73. The van der Waals surface area contributed by atoms with Gasteiger partial charge in [-0.15, -0.1) is 0 Å². The van der Waals surface area contributed by atoms with Crippen LogP contribution in [0.4, 0.5) is 0 Å². The Kier molecular flexibility index (Phi) is 1.87. The average Bonchev–Trinajstić information content (AvgIpc) is 2.54. The van der Waals surface area contributed by atoms with E-state index < -0.39 is 0 Å². The molecule has 0 atom stereocenters. The molecule has 0 bridgehead atoms. The molecule has 0 fully saturated rings. The van der Waals surface area contributed by atoms with Gasteiger partial charge in [-0.1, -0.05) is 11.2 Å². The quantitative estimate of drug-likeness (QED) is 0.744. The van der Waals surface area contributed by atoms with Crippen molar-refractivity contribution >= 4 is 15.9 Å². The fourth-order valence-corrected chi connectivity index (χ4v) is 1.04. The number of hydrogen-bond acceptors (Lipinski definition) is 4. The summed E-state index contributed by atoms with van der Waals surface area (Å²) in [6.45, 7) is 0. The molecule has 0 aliphatic heterocycles. The second kappa shape index (κ2) is 3.02. The molecule has 0 N–H and O–H groups in total. The van der Waals surface area contributed by atoms with Crippen molar-refractivity contribution in [1.29, 1.82) is 0 Å². The Morgan fingerprint density at radius 3 is 2.83 bits per heavy atom. The van der Waals surface area contributed by atoms with Crippen molar-refractivity contribution in [3.05, 3.63) is 29.2 Å². The molecule has 60 valence electrons. The highest BCUT2D eigenvalue weighted by Crippen LogP contribution is 2.14. The molecule has 0 saturated heterocycles. The van der Waals surface area contributed by atoms with Crippen LogP contribution >= 0.6 is 15.9 Å². The number of nitrogens with zero attached hydrogens (tertiary/aromatic N) is 3. The fourth-order valence-electron chi connectivity index (χ4n) is 0.804. The molecule has 0 amide bonds. The molecule has 4 nitrogen and oxygen atoms in total. The highest BCUT2D eigenvalue weighted by molar-refractivity contribution is 9.10. The number of rotatable bonds is 1. The second-order valence-electron chi connectivity index (χ2n) is 2.09. The lowest BCUT2D eigenvalue weighted by molar-refractivity contribution is 0.397. The largest absolute Gasteiger partial charge is 0.326 e. The zero-order valence-corrected chi connectivity index (χ0v) is 7.52. The van der Waals surface area contributed by atoms with Crippen LogP contribution in [0.25, 0.3) is 11.5 Å². The van der Waals surface area contributed by atoms with Gasteiger partial charge in [0.25, 0.3) is 4.80 Å². The molecule has 2 heterocycles. The maximum absolute atomic E-state index is 4.73. The third-order valence-electron chi connectivity index (χ3n) is 1.30. The summed E-state index contributed by atoms with van der Waals surface area (Å²) < 4.78 is 4.73. The Bertz CT molecular complexity index is 373. The standard InChI is InChI=1S/C7H4BrN3O/c8-7-10-6(11-12-7)5-3-1-2-4-9-5/h1-4H. The van der Waals surface area contributed by atoms with Crippen molar-refractivity contribution in [3.63, 3.8) is 0 Å². The van der Waals surface area contributed by atoms with Crippen LogP contribution in [-0.4, -0.2) is 15.1 Å². The molecule has 0 spiro atoms. The van der Waals surface area contributed by atoms with Crippen molar-refractivity contribution < 1.29 is 4.52 Å². The van der Waals surface area contributed by atoms with Crippen LogP contribution in [0.1, 0.15) is 0 Å². The molecule has 5 heteroatoms. The van der Waals surface area contributed by atoms with Crippen LogP contribution in [-0.2, 0) is 0 Å². The van der Waals surface area contributed by atoms with Crippen molar-refractivity contribution in [2.24, 2.45) is 0 Å². The third kappa shape index (κ3) is 1.35. The maximum Gasteiger partial charge on any atom is 0.294 e. The Balaban J connectivity index is 2.45. The molecule has 0 aromatic carbocycles. The summed E-state index contributed by atoms with van der Waals surface area (Å²) in [6.07, 6.45) is 1.68. The van der Waals surface area contributed by atoms with E-state index in [1.54, 1.807) is 6.20 Å². The van der Waals surface area contributed by atoms with Gasteiger partial charge in [0, 0.05) is 22.1 Å². The summed E-state index contributed by atoms with van der Waals surface area (Å²) in [5, 5.41) is 3.69. The highest BCUT2D eigenvalue weighted by atomic mass is 79.9. The van der Waals surface area contributed by atoms with E-state index in [9.17, 15) is 0 Å². The van der Waals surface area contributed by atoms with Gasteiger partial charge in [-0.05, 0) is 12.1 Å². The lowest BCUT2D eigenvalue weighted by atomic mass is 10.3. The lowest BCUT2D eigenvalue weighted by Crippen LogP contribution is -1.82. The number of pyridine rings is 1. The van der Waals surface area contributed by atoms with Gasteiger partial charge in [0.15, 0.2) is 0 Å². The summed E-state index contributed by atoms with van der Waals surface area (Å²) in [5.74, 6) is 0.488.